The maximum atomic E-state index is 5.71. The summed E-state index contributed by atoms with van der Waals surface area (Å²) >= 11 is 0. The highest BCUT2D eigenvalue weighted by Crippen LogP contribution is 2.20. The maximum Gasteiger partial charge on any atom is 0.245 e. The highest BCUT2D eigenvalue weighted by Gasteiger charge is 2.20. The molecule has 2 aromatic rings. The topological polar surface area (TPSA) is 59.5 Å². The summed E-state index contributed by atoms with van der Waals surface area (Å²) in [4.78, 5) is 6.85. The standard InChI is InChI=1S/C13H19N5/c1-10-2-7-18-12(8-10)15-13(16-18)17-5-3-11(9-14)4-6-17/h2,7-8,11H,3-6,9,14H2,1H3. The molecule has 5 nitrogen and oxygen atoms in total. The molecular weight excluding hydrogens is 226 g/mol. The molecule has 0 radical (unpaired) electrons. The number of pyridine rings is 1. The second-order valence-corrected chi connectivity index (χ2v) is 5.08. The number of nitrogens with zero attached hydrogens (tertiary/aromatic N) is 4. The number of anilines is 1. The monoisotopic (exact) mass is 245 g/mol. The first-order valence-corrected chi connectivity index (χ1v) is 6.54. The Labute approximate surface area is 107 Å². The Morgan fingerprint density at radius 3 is 2.89 bits per heavy atom. The van der Waals surface area contributed by atoms with Crippen LogP contribution in [-0.4, -0.2) is 34.2 Å². The summed E-state index contributed by atoms with van der Waals surface area (Å²) < 4.78 is 1.84. The summed E-state index contributed by atoms with van der Waals surface area (Å²) in [5.41, 5.74) is 7.84. The van der Waals surface area contributed by atoms with E-state index in [1.807, 2.05) is 16.8 Å². The van der Waals surface area contributed by atoms with Gasteiger partial charge >= 0.3 is 0 Å². The third-order valence-corrected chi connectivity index (χ3v) is 3.71. The third-order valence-electron chi connectivity index (χ3n) is 3.71. The highest BCUT2D eigenvalue weighted by atomic mass is 15.4. The van der Waals surface area contributed by atoms with Crippen LogP contribution >= 0.6 is 0 Å². The van der Waals surface area contributed by atoms with E-state index in [9.17, 15) is 0 Å². The van der Waals surface area contributed by atoms with Gasteiger partial charge in [0.25, 0.3) is 0 Å². The van der Waals surface area contributed by atoms with Gasteiger partial charge in [0, 0.05) is 19.3 Å². The molecule has 0 spiro atoms. The van der Waals surface area contributed by atoms with Crippen LogP contribution in [0.25, 0.3) is 5.65 Å². The van der Waals surface area contributed by atoms with E-state index in [-0.39, 0.29) is 0 Å². The van der Waals surface area contributed by atoms with Gasteiger partial charge < -0.3 is 10.6 Å². The summed E-state index contributed by atoms with van der Waals surface area (Å²) in [5.74, 6) is 1.51. The zero-order valence-electron chi connectivity index (χ0n) is 10.7. The number of fused-ring (bicyclic) bond motifs is 1. The van der Waals surface area contributed by atoms with E-state index in [4.69, 9.17) is 5.73 Å². The van der Waals surface area contributed by atoms with Crippen molar-refractivity contribution in [2.75, 3.05) is 24.5 Å². The van der Waals surface area contributed by atoms with Crippen molar-refractivity contribution in [1.82, 2.24) is 14.6 Å². The summed E-state index contributed by atoms with van der Waals surface area (Å²) in [6.07, 6.45) is 4.25. The summed E-state index contributed by atoms with van der Waals surface area (Å²) in [6.45, 7) is 4.89. The Morgan fingerprint density at radius 2 is 2.17 bits per heavy atom. The van der Waals surface area contributed by atoms with Crippen molar-refractivity contribution in [3.05, 3.63) is 23.9 Å². The average molecular weight is 245 g/mol. The van der Waals surface area contributed by atoms with Gasteiger partial charge in [-0.2, -0.15) is 4.98 Å². The maximum absolute atomic E-state index is 5.71. The molecule has 1 aliphatic rings. The molecule has 0 atom stereocenters. The average Bonchev–Trinajstić information content (AvgIpc) is 2.81. The minimum Gasteiger partial charge on any atom is -0.339 e. The number of aromatic nitrogens is 3. The Morgan fingerprint density at radius 1 is 1.39 bits per heavy atom. The molecule has 3 heterocycles. The van der Waals surface area contributed by atoms with E-state index >= 15 is 0 Å². The predicted octanol–water partition coefficient (Wildman–Crippen LogP) is 1.21. The number of rotatable bonds is 2. The van der Waals surface area contributed by atoms with Crippen molar-refractivity contribution >= 4 is 11.6 Å². The van der Waals surface area contributed by atoms with E-state index in [1.165, 1.54) is 5.56 Å². The highest BCUT2D eigenvalue weighted by molar-refractivity contribution is 5.46. The lowest BCUT2D eigenvalue weighted by atomic mass is 9.97. The fraction of sp³-hybridized carbons (Fsp3) is 0.538. The van der Waals surface area contributed by atoms with Crippen LogP contribution in [0, 0.1) is 12.8 Å². The van der Waals surface area contributed by atoms with E-state index in [2.05, 4.69) is 28.0 Å². The first-order chi connectivity index (χ1) is 8.76. The lowest BCUT2D eigenvalue weighted by molar-refractivity contribution is 0.411. The molecule has 18 heavy (non-hydrogen) atoms. The number of hydrogen-bond acceptors (Lipinski definition) is 4. The molecule has 96 valence electrons. The van der Waals surface area contributed by atoms with Gasteiger partial charge in [-0.25, -0.2) is 4.52 Å². The molecule has 1 fully saturated rings. The Bertz CT molecular complexity index is 539. The predicted molar refractivity (Wildman–Crippen MR) is 71.7 cm³/mol. The second-order valence-electron chi connectivity index (χ2n) is 5.08. The van der Waals surface area contributed by atoms with Gasteiger partial charge in [-0.1, -0.05) is 0 Å². The van der Waals surface area contributed by atoms with Crippen LogP contribution in [0.15, 0.2) is 18.3 Å². The molecule has 1 saturated heterocycles. The lowest BCUT2D eigenvalue weighted by Crippen LogP contribution is -2.36. The molecule has 0 aliphatic carbocycles. The molecule has 5 heteroatoms. The van der Waals surface area contributed by atoms with Crippen LogP contribution in [0.5, 0.6) is 0 Å². The molecule has 0 aromatic carbocycles. The van der Waals surface area contributed by atoms with Crippen LogP contribution in [0.4, 0.5) is 5.95 Å². The minimum atomic E-state index is 0.667. The van der Waals surface area contributed by atoms with Gasteiger partial charge in [0.05, 0.1) is 0 Å². The van der Waals surface area contributed by atoms with Crippen molar-refractivity contribution in [1.29, 1.82) is 0 Å². The SMILES string of the molecule is Cc1ccn2nc(N3CCC(CN)CC3)nc2c1. The zero-order valence-corrected chi connectivity index (χ0v) is 10.7. The van der Waals surface area contributed by atoms with Crippen molar-refractivity contribution < 1.29 is 0 Å². The molecule has 0 unspecified atom stereocenters. The van der Waals surface area contributed by atoms with Crippen molar-refractivity contribution in [2.24, 2.45) is 11.7 Å². The largest absolute Gasteiger partial charge is 0.339 e. The molecule has 0 bridgehead atoms. The lowest BCUT2D eigenvalue weighted by Gasteiger charge is -2.30. The van der Waals surface area contributed by atoms with Crippen LogP contribution in [0.2, 0.25) is 0 Å². The fourth-order valence-corrected chi connectivity index (χ4v) is 2.47. The summed E-state index contributed by atoms with van der Waals surface area (Å²) in [5, 5.41) is 4.53. The number of nitrogens with two attached hydrogens (primary N) is 1. The fourth-order valence-electron chi connectivity index (χ4n) is 2.47. The van der Waals surface area contributed by atoms with Crippen molar-refractivity contribution in [3.8, 4) is 0 Å². The quantitative estimate of drug-likeness (QED) is 0.864. The van der Waals surface area contributed by atoms with Gasteiger partial charge in [-0.05, 0) is 49.9 Å². The molecule has 1 aliphatic heterocycles. The first kappa shape index (κ1) is 11.5. The van der Waals surface area contributed by atoms with Crippen molar-refractivity contribution in [3.63, 3.8) is 0 Å². The zero-order chi connectivity index (χ0) is 12.5. The van der Waals surface area contributed by atoms with Gasteiger partial charge in [0.15, 0.2) is 5.65 Å². The molecule has 2 aromatic heterocycles. The van der Waals surface area contributed by atoms with Crippen LogP contribution < -0.4 is 10.6 Å². The molecule has 0 saturated carbocycles. The Hall–Kier alpha value is -1.62. The van der Waals surface area contributed by atoms with Gasteiger partial charge in [-0.3, -0.25) is 0 Å². The first-order valence-electron chi connectivity index (χ1n) is 6.54. The van der Waals surface area contributed by atoms with Gasteiger partial charge in [0.1, 0.15) is 0 Å². The van der Waals surface area contributed by atoms with Gasteiger partial charge in [0.2, 0.25) is 5.95 Å². The smallest absolute Gasteiger partial charge is 0.245 e. The normalized spacial score (nSPS) is 17.6. The third kappa shape index (κ3) is 2.06. The van der Waals surface area contributed by atoms with E-state index < -0.39 is 0 Å². The number of aryl methyl sites for hydroxylation is 1. The minimum absolute atomic E-state index is 0.667. The number of hydrogen-bond donors (Lipinski definition) is 1. The molecule has 3 rings (SSSR count). The molecule has 0 amide bonds. The Kier molecular flexibility index (Phi) is 2.91. The summed E-state index contributed by atoms with van der Waals surface area (Å²) in [6, 6.07) is 4.11. The van der Waals surface area contributed by atoms with E-state index in [0.717, 1.165) is 44.1 Å². The number of piperidine rings is 1. The molecule has 2 N–H and O–H groups in total. The van der Waals surface area contributed by atoms with Crippen LogP contribution in [0.3, 0.4) is 0 Å². The van der Waals surface area contributed by atoms with Crippen LogP contribution in [-0.2, 0) is 0 Å². The molecular formula is C13H19N5. The van der Waals surface area contributed by atoms with Crippen LogP contribution in [0.1, 0.15) is 18.4 Å². The summed E-state index contributed by atoms with van der Waals surface area (Å²) in [7, 11) is 0. The van der Waals surface area contributed by atoms with Gasteiger partial charge in [-0.15, -0.1) is 5.10 Å². The van der Waals surface area contributed by atoms with E-state index in [1.54, 1.807) is 0 Å². The second kappa shape index (κ2) is 4.57. The van der Waals surface area contributed by atoms with E-state index in [0.29, 0.717) is 5.92 Å². The van der Waals surface area contributed by atoms with Crippen molar-refractivity contribution in [2.45, 2.75) is 19.8 Å². The Balaban J connectivity index is 1.82.